The molecule has 0 aromatic carbocycles. The molecule has 1 fully saturated rings. The van der Waals surface area contributed by atoms with Crippen LogP contribution in [0.5, 0.6) is 0 Å². The van der Waals surface area contributed by atoms with E-state index < -0.39 is 0 Å². The second-order valence-electron chi connectivity index (χ2n) is 5.30. The number of aromatic nitrogens is 1. The molecule has 1 aromatic heterocycles. The summed E-state index contributed by atoms with van der Waals surface area (Å²) < 4.78 is 10.2. The summed E-state index contributed by atoms with van der Waals surface area (Å²) >= 11 is 0. The Kier molecular flexibility index (Phi) is 4.37. The Balaban J connectivity index is 1.83. The predicted octanol–water partition coefficient (Wildman–Crippen LogP) is 1.39. The van der Waals surface area contributed by atoms with Gasteiger partial charge in [-0.1, -0.05) is 5.16 Å². The van der Waals surface area contributed by atoms with Gasteiger partial charge < -0.3 is 14.6 Å². The number of hydrogen-bond donors (Lipinski definition) is 1. The molecule has 1 aromatic rings. The number of nitrogens with one attached hydrogen (secondary N) is 1. The van der Waals surface area contributed by atoms with Crippen LogP contribution in [0.3, 0.4) is 0 Å². The topological polar surface area (TPSA) is 50.5 Å². The average Bonchev–Trinajstić information content (AvgIpc) is 2.81. The van der Waals surface area contributed by atoms with Crippen LogP contribution in [0.2, 0.25) is 0 Å². The van der Waals surface area contributed by atoms with Crippen molar-refractivity contribution in [2.75, 3.05) is 27.2 Å². The van der Waals surface area contributed by atoms with Gasteiger partial charge in [0.15, 0.2) is 5.76 Å². The first-order chi connectivity index (χ1) is 8.65. The molecule has 0 unspecified atom stereocenters. The van der Waals surface area contributed by atoms with Crippen molar-refractivity contribution < 1.29 is 9.26 Å². The van der Waals surface area contributed by atoms with Crippen molar-refractivity contribution in [3.63, 3.8) is 0 Å². The molecule has 5 nitrogen and oxygen atoms in total. The summed E-state index contributed by atoms with van der Waals surface area (Å²) in [6, 6.07) is 1.98. The maximum atomic E-state index is 5.19. The van der Waals surface area contributed by atoms with Crippen LogP contribution in [0.15, 0.2) is 10.6 Å². The summed E-state index contributed by atoms with van der Waals surface area (Å²) in [5.74, 6) is 0.796. The Hall–Kier alpha value is -0.910. The SMILES string of the molecule is CNC1(C)CCN(Cc2cc(COC)on2)CC1. The smallest absolute Gasteiger partial charge is 0.162 e. The highest BCUT2D eigenvalue weighted by Gasteiger charge is 2.28. The van der Waals surface area contributed by atoms with Crippen LogP contribution in [-0.4, -0.2) is 42.8 Å². The highest BCUT2D eigenvalue weighted by molar-refractivity contribution is 5.05. The molecule has 5 heteroatoms. The molecule has 102 valence electrons. The molecule has 0 bridgehead atoms. The lowest BCUT2D eigenvalue weighted by Gasteiger charge is -2.39. The van der Waals surface area contributed by atoms with E-state index in [1.54, 1.807) is 7.11 Å². The Morgan fingerprint density at radius 1 is 1.50 bits per heavy atom. The fourth-order valence-corrected chi connectivity index (χ4v) is 2.32. The molecular weight excluding hydrogens is 230 g/mol. The van der Waals surface area contributed by atoms with Crippen LogP contribution >= 0.6 is 0 Å². The molecule has 0 atom stereocenters. The van der Waals surface area contributed by atoms with Crippen molar-refractivity contribution >= 4 is 0 Å². The summed E-state index contributed by atoms with van der Waals surface area (Å²) in [5.41, 5.74) is 1.29. The number of likely N-dealkylation sites (tertiary alicyclic amines) is 1. The van der Waals surface area contributed by atoms with E-state index in [4.69, 9.17) is 9.26 Å². The number of hydrogen-bond acceptors (Lipinski definition) is 5. The van der Waals surface area contributed by atoms with Crippen LogP contribution < -0.4 is 5.32 Å². The van der Waals surface area contributed by atoms with Gasteiger partial charge >= 0.3 is 0 Å². The lowest BCUT2D eigenvalue weighted by molar-refractivity contribution is 0.142. The van der Waals surface area contributed by atoms with Gasteiger partial charge in [0.2, 0.25) is 0 Å². The van der Waals surface area contributed by atoms with E-state index in [2.05, 4.69) is 22.3 Å². The molecule has 1 aliphatic heterocycles. The molecule has 2 rings (SSSR count). The van der Waals surface area contributed by atoms with Crippen LogP contribution in [0.1, 0.15) is 31.2 Å². The Morgan fingerprint density at radius 3 is 2.83 bits per heavy atom. The lowest BCUT2D eigenvalue weighted by atomic mass is 9.90. The van der Waals surface area contributed by atoms with Crippen molar-refractivity contribution in [2.24, 2.45) is 0 Å². The van der Waals surface area contributed by atoms with E-state index in [9.17, 15) is 0 Å². The van der Waals surface area contributed by atoms with Gasteiger partial charge in [-0.15, -0.1) is 0 Å². The van der Waals surface area contributed by atoms with Gasteiger partial charge in [0.25, 0.3) is 0 Å². The minimum absolute atomic E-state index is 0.293. The van der Waals surface area contributed by atoms with Gasteiger partial charge in [-0.3, -0.25) is 4.90 Å². The second-order valence-corrected chi connectivity index (χ2v) is 5.30. The largest absolute Gasteiger partial charge is 0.377 e. The number of methoxy groups -OCH3 is 1. The van der Waals surface area contributed by atoms with Crippen molar-refractivity contribution in [1.29, 1.82) is 0 Å². The standard InChI is InChI=1S/C13H23N3O2/c1-13(14-2)4-6-16(7-5-13)9-11-8-12(10-17-3)18-15-11/h8,14H,4-7,9-10H2,1-3H3. The molecular formula is C13H23N3O2. The van der Waals surface area contributed by atoms with E-state index in [1.807, 2.05) is 13.1 Å². The van der Waals surface area contributed by atoms with Crippen LogP contribution in [-0.2, 0) is 17.9 Å². The minimum atomic E-state index is 0.293. The third-order valence-electron chi connectivity index (χ3n) is 3.84. The van der Waals surface area contributed by atoms with Crippen molar-refractivity contribution in [3.05, 3.63) is 17.5 Å². The van der Waals surface area contributed by atoms with E-state index >= 15 is 0 Å². The second kappa shape index (κ2) is 5.82. The summed E-state index contributed by atoms with van der Waals surface area (Å²) in [7, 11) is 3.70. The van der Waals surface area contributed by atoms with E-state index in [1.165, 1.54) is 12.8 Å². The zero-order valence-electron chi connectivity index (χ0n) is 11.5. The Bertz CT molecular complexity index is 370. The van der Waals surface area contributed by atoms with Crippen LogP contribution in [0.25, 0.3) is 0 Å². The molecule has 0 saturated carbocycles. The third-order valence-corrected chi connectivity index (χ3v) is 3.84. The molecule has 0 aliphatic carbocycles. The summed E-state index contributed by atoms with van der Waals surface area (Å²) in [4.78, 5) is 2.42. The summed E-state index contributed by atoms with van der Waals surface area (Å²) in [5, 5.41) is 7.48. The molecule has 1 saturated heterocycles. The molecule has 1 N–H and O–H groups in total. The summed E-state index contributed by atoms with van der Waals surface area (Å²) in [6.45, 7) is 5.85. The minimum Gasteiger partial charge on any atom is -0.377 e. The quantitative estimate of drug-likeness (QED) is 0.859. The maximum Gasteiger partial charge on any atom is 0.162 e. The van der Waals surface area contributed by atoms with Gasteiger partial charge in [-0.25, -0.2) is 0 Å². The van der Waals surface area contributed by atoms with Crippen molar-refractivity contribution in [1.82, 2.24) is 15.4 Å². The first-order valence-corrected chi connectivity index (χ1v) is 6.50. The molecule has 0 amide bonds. The molecule has 18 heavy (non-hydrogen) atoms. The first kappa shape index (κ1) is 13.5. The third kappa shape index (κ3) is 3.31. The average molecular weight is 253 g/mol. The highest BCUT2D eigenvalue weighted by Crippen LogP contribution is 2.22. The maximum absolute atomic E-state index is 5.19. The predicted molar refractivity (Wildman–Crippen MR) is 69.2 cm³/mol. The normalized spacial score (nSPS) is 20.2. The Labute approximate surface area is 108 Å². The first-order valence-electron chi connectivity index (χ1n) is 6.50. The van der Waals surface area contributed by atoms with Crippen molar-refractivity contribution in [2.45, 2.75) is 38.5 Å². The van der Waals surface area contributed by atoms with Crippen LogP contribution in [0, 0.1) is 0 Å². The van der Waals surface area contributed by atoms with Gasteiger partial charge in [0.1, 0.15) is 6.61 Å². The fraction of sp³-hybridized carbons (Fsp3) is 0.769. The zero-order chi connectivity index (χ0) is 13.0. The van der Waals surface area contributed by atoms with E-state index in [0.29, 0.717) is 12.1 Å². The highest BCUT2D eigenvalue weighted by atomic mass is 16.5. The van der Waals surface area contributed by atoms with Gasteiger partial charge in [0, 0.05) is 38.3 Å². The number of rotatable bonds is 5. The van der Waals surface area contributed by atoms with E-state index in [-0.39, 0.29) is 0 Å². The molecule has 1 aliphatic rings. The molecule has 0 spiro atoms. The molecule has 2 heterocycles. The number of piperidine rings is 1. The van der Waals surface area contributed by atoms with Gasteiger partial charge in [-0.05, 0) is 26.8 Å². The fourth-order valence-electron chi connectivity index (χ4n) is 2.32. The Morgan fingerprint density at radius 2 is 2.22 bits per heavy atom. The van der Waals surface area contributed by atoms with Gasteiger partial charge in [-0.2, -0.15) is 0 Å². The lowest BCUT2D eigenvalue weighted by Crippen LogP contribution is -2.49. The zero-order valence-corrected chi connectivity index (χ0v) is 11.5. The van der Waals surface area contributed by atoms with Crippen molar-refractivity contribution in [3.8, 4) is 0 Å². The summed E-state index contributed by atoms with van der Waals surface area (Å²) in [6.07, 6.45) is 2.35. The molecule has 0 radical (unpaired) electrons. The number of nitrogens with zero attached hydrogens (tertiary/aromatic N) is 2. The van der Waals surface area contributed by atoms with E-state index in [0.717, 1.165) is 31.1 Å². The van der Waals surface area contributed by atoms with Gasteiger partial charge in [0.05, 0.1) is 5.69 Å². The monoisotopic (exact) mass is 253 g/mol. The number of ether oxygens (including phenoxy) is 1. The van der Waals surface area contributed by atoms with Crippen LogP contribution in [0.4, 0.5) is 0 Å².